The number of benzene rings is 4. The van der Waals surface area contributed by atoms with Crippen LogP contribution in [0.5, 0.6) is 23.0 Å². The topological polar surface area (TPSA) is 198 Å². The predicted octanol–water partition coefficient (Wildman–Crippen LogP) is 6.05. The number of ether oxygens (including phenoxy) is 1. The molecule has 1 aromatic heterocycles. The van der Waals surface area contributed by atoms with Crippen LogP contribution < -0.4 is 5.43 Å². The Morgan fingerprint density at radius 3 is 1.86 bits per heavy atom. The van der Waals surface area contributed by atoms with E-state index in [1.807, 2.05) is 0 Å². The van der Waals surface area contributed by atoms with Gasteiger partial charge in [-0.2, -0.15) is 8.42 Å². The van der Waals surface area contributed by atoms with E-state index in [4.69, 9.17) is 26.7 Å². The summed E-state index contributed by atoms with van der Waals surface area (Å²) in [5.74, 6) is -1.60. The lowest BCUT2D eigenvalue weighted by atomic mass is 9.97. The van der Waals surface area contributed by atoms with E-state index < -0.39 is 27.3 Å². The standard InChI is InChI=1S/C21H25NO.C15H10O6.H2O4S/c1-22-18-12-13-19(22)15-20(14-18)23-21(16-8-4-2-5-9-16)17-10-6-3-7-11-17;16-8-2-3-9-12(6-8)21-15(14(20)13(9)19)7-1-4-10(17)11(18)5-7;1-5(2,3)4/h2-11,18-21H,12-15H2,1H3;1-6,16-18,20H;(H2,1,2,3,4). The molecule has 0 spiro atoms. The molecule has 6 N–H and O–H groups in total. The highest BCUT2D eigenvalue weighted by molar-refractivity contribution is 7.79. The zero-order chi connectivity index (χ0) is 35.3. The highest BCUT2D eigenvalue weighted by atomic mass is 32.3. The number of aromatic hydroxyl groups is 4. The van der Waals surface area contributed by atoms with Crippen molar-refractivity contribution < 1.29 is 47.1 Å². The van der Waals surface area contributed by atoms with Gasteiger partial charge in [0.15, 0.2) is 17.3 Å². The molecular weight excluding hydrogens is 654 g/mol. The van der Waals surface area contributed by atoms with Crippen LogP contribution >= 0.6 is 0 Å². The van der Waals surface area contributed by atoms with Crippen LogP contribution in [0, 0.1) is 0 Å². The molecule has 2 unspecified atom stereocenters. The molecule has 2 aliphatic heterocycles. The SMILES string of the molecule is CN1C2CCC1CC(OC(c1ccccc1)c1ccccc1)C2.O=S(=O)(O)O.O=c1c(O)c(-c2ccc(O)c(O)c2)oc2cc(O)ccc12. The van der Waals surface area contributed by atoms with Gasteiger partial charge in [-0.1, -0.05) is 60.7 Å². The minimum Gasteiger partial charge on any atom is -0.508 e. The van der Waals surface area contributed by atoms with Crippen molar-refractivity contribution in [3.05, 3.63) is 118 Å². The van der Waals surface area contributed by atoms with Gasteiger partial charge in [0.2, 0.25) is 11.2 Å². The molecule has 2 saturated heterocycles. The van der Waals surface area contributed by atoms with Crippen LogP contribution in [0.2, 0.25) is 0 Å². The normalized spacial score (nSPS) is 18.7. The highest BCUT2D eigenvalue weighted by Gasteiger charge is 2.39. The van der Waals surface area contributed by atoms with Gasteiger partial charge in [-0.15, -0.1) is 0 Å². The molecule has 49 heavy (non-hydrogen) atoms. The second kappa shape index (κ2) is 15.1. The lowest BCUT2D eigenvalue weighted by Crippen LogP contribution is -2.43. The zero-order valence-electron chi connectivity index (χ0n) is 26.5. The van der Waals surface area contributed by atoms with Crippen LogP contribution in [0.25, 0.3) is 22.3 Å². The Balaban J connectivity index is 0.000000169. The van der Waals surface area contributed by atoms with Crippen molar-refractivity contribution in [2.75, 3.05) is 7.05 Å². The van der Waals surface area contributed by atoms with Crippen molar-refractivity contribution in [1.29, 1.82) is 0 Å². The molecule has 4 aromatic carbocycles. The summed E-state index contributed by atoms with van der Waals surface area (Å²) in [5.41, 5.74) is 2.17. The van der Waals surface area contributed by atoms with Crippen molar-refractivity contribution in [1.82, 2.24) is 4.90 Å². The number of hydrogen-bond acceptors (Lipinski definition) is 10. The summed E-state index contributed by atoms with van der Waals surface area (Å²) in [7, 11) is -2.38. The van der Waals surface area contributed by atoms with Crippen LogP contribution in [0.15, 0.2) is 106 Å². The fourth-order valence-electron chi connectivity index (χ4n) is 6.30. The van der Waals surface area contributed by atoms with Crippen molar-refractivity contribution in [2.45, 2.75) is 50.0 Å². The van der Waals surface area contributed by atoms with E-state index in [1.54, 1.807) is 0 Å². The summed E-state index contributed by atoms with van der Waals surface area (Å²) >= 11 is 0. The van der Waals surface area contributed by atoms with E-state index in [9.17, 15) is 25.2 Å². The summed E-state index contributed by atoms with van der Waals surface area (Å²) in [6.07, 6.45) is 5.43. The number of piperidine rings is 1. The molecule has 2 atom stereocenters. The minimum absolute atomic E-state index is 0.0465. The summed E-state index contributed by atoms with van der Waals surface area (Å²) in [6, 6.07) is 30.4. The van der Waals surface area contributed by atoms with Gasteiger partial charge in [0.05, 0.1) is 11.5 Å². The Labute approximate surface area is 282 Å². The van der Waals surface area contributed by atoms with Gasteiger partial charge in [0.1, 0.15) is 17.4 Å². The first-order valence-electron chi connectivity index (χ1n) is 15.5. The third-order valence-corrected chi connectivity index (χ3v) is 8.68. The monoisotopic (exact) mass is 691 g/mol. The smallest absolute Gasteiger partial charge is 0.394 e. The van der Waals surface area contributed by atoms with Gasteiger partial charge in [0, 0.05) is 23.7 Å². The van der Waals surface area contributed by atoms with E-state index in [2.05, 4.69) is 72.6 Å². The second-order valence-corrected chi connectivity index (χ2v) is 12.8. The molecule has 3 heterocycles. The van der Waals surface area contributed by atoms with Gasteiger partial charge < -0.3 is 34.5 Å². The van der Waals surface area contributed by atoms with Crippen LogP contribution in [0.1, 0.15) is 42.9 Å². The van der Waals surface area contributed by atoms with E-state index in [1.165, 1.54) is 67.1 Å². The quantitative estimate of drug-likeness (QED) is 0.0923. The third kappa shape index (κ3) is 8.96. The molecule has 2 aliphatic rings. The maximum atomic E-state index is 12.1. The molecule has 258 valence electrons. The first-order chi connectivity index (χ1) is 23.3. The van der Waals surface area contributed by atoms with Crippen molar-refractivity contribution >= 4 is 21.4 Å². The van der Waals surface area contributed by atoms with Gasteiger partial charge in [-0.25, -0.2) is 0 Å². The van der Waals surface area contributed by atoms with Crippen LogP contribution in [-0.4, -0.2) is 68.1 Å². The lowest BCUT2D eigenvalue weighted by molar-refractivity contribution is -0.0426. The average molecular weight is 692 g/mol. The lowest BCUT2D eigenvalue weighted by Gasteiger charge is -2.38. The Hall–Kier alpha value is -4.92. The van der Waals surface area contributed by atoms with E-state index in [-0.39, 0.29) is 39.9 Å². The predicted molar refractivity (Wildman–Crippen MR) is 182 cm³/mol. The molecule has 5 aromatic rings. The number of nitrogens with zero attached hydrogens (tertiary/aromatic N) is 1. The Kier molecular flexibility index (Phi) is 10.9. The Bertz CT molecular complexity index is 1990. The largest absolute Gasteiger partial charge is 0.508 e. The third-order valence-electron chi connectivity index (χ3n) is 8.68. The van der Waals surface area contributed by atoms with Gasteiger partial charge in [0.25, 0.3) is 0 Å². The maximum Gasteiger partial charge on any atom is 0.394 e. The maximum absolute atomic E-state index is 12.1. The van der Waals surface area contributed by atoms with Crippen LogP contribution in [0.3, 0.4) is 0 Å². The fourth-order valence-corrected chi connectivity index (χ4v) is 6.30. The first kappa shape index (κ1) is 35.4. The van der Waals surface area contributed by atoms with Crippen molar-refractivity contribution in [2.24, 2.45) is 0 Å². The highest BCUT2D eigenvalue weighted by Crippen LogP contribution is 2.39. The molecule has 0 saturated carbocycles. The summed E-state index contributed by atoms with van der Waals surface area (Å²) in [4.78, 5) is 14.7. The molecule has 0 radical (unpaired) electrons. The molecule has 12 nitrogen and oxygen atoms in total. The van der Waals surface area contributed by atoms with Gasteiger partial charge in [-0.3, -0.25) is 13.9 Å². The average Bonchev–Trinajstić information content (AvgIpc) is 3.26. The van der Waals surface area contributed by atoms with Crippen molar-refractivity contribution in [3.63, 3.8) is 0 Å². The molecule has 2 bridgehead atoms. The number of hydrogen-bond donors (Lipinski definition) is 6. The van der Waals surface area contributed by atoms with Crippen LogP contribution in [0.4, 0.5) is 0 Å². The van der Waals surface area contributed by atoms with Crippen LogP contribution in [-0.2, 0) is 15.1 Å². The number of fused-ring (bicyclic) bond motifs is 3. The van der Waals surface area contributed by atoms with Gasteiger partial charge in [-0.05, 0) is 74.2 Å². The first-order valence-corrected chi connectivity index (χ1v) is 16.9. The minimum atomic E-state index is -4.67. The molecular formula is C36H37NO11S. The second-order valence-electron chi connectivity index (χ2n) is 11.9. The van der Waals surface area contributed by atoms with E-state index in [0.717, 1.165) is 6.07 Å². The number of rotatable bonds is 5. The van der Waals surface area contributed by atoms with Crippen molar-refractivity contribution in [3.8, 4) is 34.3 Å². The van der Waals surface area contributed by atoms with E-state index >= 15 is 0 Å². The Morgan fingerprint density at radius 2 is 1.33 bits per heavy atom. The summed E-state index contributed by atoms with van der Waals surface area (Å²) in [5, 5.41) is 38.3. The fraction of sp³-hybridized carbons (Fsp3) is 0.250. The summed E-state index contributed by atoms with van der Waals surface area (Å²) in [6.45, 7) is 0. The number of phenols is 3. The molecule has 0 amide bonds. The molecule has 0 aliphatic carbocycles. The van der Waals surface area contributed by atoms with E-state index in [0.29, 0.717) is 18.2 Å². The van der Waals surface area contributed by atoms with Gasteiger partial charge >= 0.3 is 10.4 Å². The molecule has 13 heteroatoms. The molecule has 7 rings (SSSR count). The number of phenolic OH excluding ortho intramolecular Hbond substituents is 3. The summed E-state index contributed by atoms with van der Waals surface area (Å²) < 4.78 is 43.7. The molecule has 2 fully saturated rings. The Morgan fingerprint density at radius 1 is 0.776 bits per heavy atom. The zero-order valence-corrected chi connectivity index (χ0v) is 27.3.